The molecule has 0 atom stereocenters. The highest BCUT2D eigenvalue weighted by Gasteiger charge is 2.17. The monoisotopic (exact) mass is 278 g/mol. The molecule has 2 rings (SSSR count). The molecule has 2 nitrogen and oxygen atoms in total. The largest absolute Gasteiger partial charge is 0.446 e. The van der Waals surface area contributed by atoms with Crippen LogP contribution in [0.25, 0.3) is 0 Å². The van der Waals surface area contributed by atoms with Crippen molar-refractivity contribution in [3.8, 4) is 0 Å². The Hall–Kier alpha value is -1.35. The molecular weight excluding hydrogens is 268 g/mol. The van der Waals surface area contributed by atoms with Crippen LogP contribution in [0.1, 0.15) is 27.2 Å². The second-order valence-electron chi connectivity index (χ2n) is 3.70. The van der Waals surface area contributed by atoms with Crippen molar-refractivity contribution < 1.29 is 9.21 Å². The Morgan fingerprint density at radius 3 is 2.25 bits per heavy atom. The average Bonchev–Trinajstić information content (AvgIpc) is 2.64. The maximum Gasteiger partial charge on any atom is 0.228 e. The fourth-order valence-corrected chi connectivity index (χ4v) is 2.04. The zero-order valence-electron chi connectivity index (χ0n) is 9.08. The van der Waals surface area contributed by atoms with Crippen molar-refractivity contribution in [3.63, 3.8) is 0 Å². The SMILES string of the molecule is Cc1cccc(C)c1C(=O)c1ccc(Br)o1. The third-order valence-corrected chi connectivity index (χ3v) is 2.93. The molecule has 0 aliphatic carbocycles. The predicted molar refractivity (Wildman–Crippen MR) is 65.8 cm³/mol. The van der Waals surface area contributed by atoms with E-state index in [0.29, 0.717) is 10.4 Å². The first-order valence-electron chi connectivity index (χ1n) is 4.96. The van der Waals surface area contributed by atoms with Crippen LogP contribution in [0.5, 0.6) is 0 Å². The molecule has 3 heteroatoms. The molecule has 0 aliphatic rings. The maximum atomic E-state index is 12.2. The molecule has 0 fully saturated rings. The Bertz CT molecular complexity index is 520. The van der Waals surface area contributed by atoms with Crippen molar-refractivity contribution in [2.24, 2.45) is 0 Å². The highest BCUT2D eigenvalue weighted by molar-refractivity contribution is 9.10. The molecule has 1 aromatic heterocycles. The Morgan fingerprint density at radius 2 is 1.75 bits per heavy atom. The number of benzene rings is 1. The van der Waals surface area contributed by atoms with Crippen LogP contribution in [-0.2, 0) is 0 Å². The standard InChI is InChI=1S/C13H11BrO2/c1-8-4-3-5-9(2)12(8)13(15)10-6-7-11(14)16-10/h3-7H,1-2H3. The predicted octanol–water partition coefficient (Wildman–Crippen LogP) is 3.89. The van der Waals surface area contributed by atoms with Gasteiger partial charge in [0.15, 0.2) is 10.4 Å². The molecule has 0 unspecified atom stereocenters. The summed E-state index contributed by atoms with van der Waals surface area (Å²) in [6.45, 7) is 3.86. The molecule has 0 aliphatic heterocycles. The van der Waals surface area contributed by atoms with E-state index >= 15 is 0 Å². The summed E-state index contributed by atoms with van der Waals surface area (Å²) in [7, 11) is 0. The van der Waals surface area contributed by atoms with Gasteiger partial charge in [0.2, 0.25) is 5.78 Å². The Balaban J connectivity index is 2.49. The molecule has 82 valence electrons. The maximum absolute atomic E-state index is 12.2. The van der Waals surface area contributed by atoms with E-state index in [1.807, 2.05) is 32.0 Å². The molecule has 1 heterocycles. The fraction of sp³-hybridized carbons (Fsp3) is 0.154. The van der Waals surface area contributed by atoms with Crippen LogP contribution in [0, 0.1) is 13.8 Å². The minimum atomic E-state index is -0.0682. The zero-order valence-corrected chi connectivity index (χ0v) is 10.7. The number of carbonyl (C=O) groups excluding carboxylic acids is 1. The van der Waals surface area contributed by atoms with Crippen molar-refractivity contribution in [2.75, 3.05) is 0 Å². The Labute approximate surface area is 102 Å². The van der Waals surface area contributed by atoms with Gasteiger partial charge in [0.05, 0.1) is 0 Å². The Morgan fingerprint density at radius 1 is 1.12 bits per heavy atom. The number of carbonyl (C=O) groups is 1. The van der Waals surface area contributed by atoms with E-state index in [1.165, 1.54) is 0 Å². The van der Waals surface area contributed by atoms with Crippen LogP contribution in [0.2, 0.25) is 0 Å². The van der Waals surface area contributed by atoms with E-state index in [1.54, 1.807) is 12.1 Å². The quantitative estimate of drug-likeness (QED) is 0.781. The molecular formula is C13H11BrO2. The van der Waals surface area contributed by atoms with Crippen molar-refractivity contribution in [3.05, 3.63) is 57.5 Å². The third-order valence-electron chi connectivity index (χ3n) is 2.51. The summed E-state index contributed by atoms with van der Waals surface area (Å²) < 4.78 is 5.85. The smallest absolute Gasteiger partial charge is 0.228 e. The summed E-state index contributed by atoms with van der Waals surface area (Å²) in [4.78, 5) is 12.2. The lowest BCUT2D eigenvalue weighted by Gasteiger charge is -2.06. The summed E-state index contributed by atoms with van der Waals surface area (Å²) in [5, 5.41) is 0. The molecule has 0 bridgehead atoms. The van der Waals surface area contributed by atoms with Gasteiger partial charge in [-0.1, -0.05) is 18.2 Å². The van der Waals surface area contributed by atoms with Crippen LogP contribution in [0.3, 0.4) is 0 Å². The number of hydrogen-bond acceptors (Lipinski definition) is 2. The molecule has 0 saturated heterocycles. The van der Waals surface area contributed by atoms with Gasteiger partial charge in [-0.2, -0.15) is 0 Å². The van der Waals surface area contributed by atoms with Crippen LogP contribution in [0.15, 0.2) is 39.4 Å². The zero-order chi connectivity index (χ0) is 11.7. The first-order valence-corrected chi connectivity index (χ1v) is 5.75. The van der Waals surface area contributed by atoms with E-state index in [4.69, 9.17) is 4.42 Å². The summed E-state index contributed by atoms with van der Waals surface area (Å²) in [6, 6.07) is 9.20. The number of ketones is 1. The third kappa shape index (κ3) is 1.95. The molecule has 2 aromatic rings. The van der Waals surface area contributed by atoms with Crippen LogP contribution in [-0.4, -0.2) is 5.78 Å². The van der Waals surface area contributed by atoms with Crippen molar-refractivity contribution >= 4 is 21.7 Å². The van der Waals surface area contributed by atoms with Crippen molar-refractivity contribution in [1.29, 1.82) is 0 Å². The minimum absolute atomic E-state index is 0.0682. The average molecular weight is 279 g/mol. The van der Waals surface area contributed by atoms with Gasteiger partial charge in [0.25, 0.3) is 0 Å². The highest BCUT2D eigenvalue weighted by Crippen LogP contribution is 2.21. The second-order valence-corrected chi connectivity index (χ2v) is 4.48. The lowest BCUT2D eigenvalue weighted by molar-refractivity contribution is 0.101. The molecule has 0 amide bonds. The van der Waals surface area contributed by atoms with E-state index in [-0.39, 0.29) is 5.78 Å². The van der Waals surface area contributed by atoms with Gasteiger partial charge in [-0.15, -0.1) is 0 Å². The van der Waals surface area contributed by atoms with Gasteiger partial charge in [0, 0.05) is 5.56 Å². The van der Waals surface area contributed by atoms with Gasteiger partial charge in [-0.3, -0.25) is 4.79 Å². The number of hydrogen-bond donors (Lipinski definition) is 0. The van der Waals surface area contributed by atoms with Gasteiger partial charge >= 0.3 is 0 Å². The molecule has 0 radical (unpaired) electrons. The minimum Gasteiger partial charge on any atom is -0.446 e. The van der Waals surface area contributed by atoms with E-state index in [2.05, 4.69) is 15.9 Å². The number of furan rings is 1. The number of rotatable bonds is 2. The summed E-state index contributed by atoms with van der Waals surface area (Å²) in [5.41, 5.74) is 2.67. The number of halogens is 1. The summed E-state index contributed by atoms with van der Waals surface area (Å²) >= 11 is 3.19. The number of aryl methyl sites for hydroxylation is 2. The van der Waals surface area contributed by atoms with Crippen molar-refractivity contribution in [1.82, 2.24) is 0 Å². The second kappa shape index (κ2) is 4.26. The van der Waals surface area contributed by atoms with Crippen LogP contribution < -0.4 is 0 Å². The molecule has 0 saturated carbocycles. The first-order chi connectivity index (χ1) is 7.59. The van der Waals surface area contributed by atoms with Gasteiger partial charge < -0.3 is 4.42 Å². The lowest BCUT2D eigenvalue weighted by atomic mass is 9.98. The van der Waals surface area contributed by atoms with Gasteiger partial charge in [0.1, 0.15) is 0 Å². The first kappa shape index (κ1) is 11.1. The van der Waals surface area contributed by atoms with Crippen LogP contribution >= 0.6 is 15.9 Å². The summed E-state index contributed by atoms with van der Waals surface area (Å²) in [5.74, 6) is 0.297. The molecule has 0 N–H and O–H groups in total. The lowest BCUT2D eigenvalue weighted by Crippen LogP contribution is -2.04. The Kier molecular flexibility index (Phi) is 2.97. The van der Waals surface area contributed by atoms with E-state index in [9.17, 15) is 4.79 Å². The highest BCUT2D eigenvalue weighted by atomic mass is 79.9. The fourth-order valence-electron chi connectivity index (χ4n) is 1.73. The van der Waals surface area contributed by atoms with Gasteiger partial charge in [-0.25, -0.2) is 0 Å². The van der Waals surface area contributed by atoms with E-state index in [0.717, 1.165) is 16.7 Å². The van der Waals surface area contributed by atoms with E-state index < -0.39 is 0 Å². The van der Waals surface area contributed by atoms with Gasteiger partial charge in [-0.05, 0) is 53.0 Å². The van der Waals surface area contributed by atoms with Crippen LogP contribution in [0.4, 0.5) is 0 Å². The topological polar surface area (TPSA) is 30.2 Å². The molecule has 16 heavy (non-hydrogen) atoms. The van der Waals surface area contributed by atoms with Crippen molar-refractivity contribution in [2.45, 2.75) is 13.8 Å². The molecule has 1 aromatic carbocycles. The molecule has 0 spiro atoms. The normalized spacial score (nSPS) is 10.4. The summed E-state index contributed by atoms with van der Waals surface area (Å²) in [6.07, 6.45) is 0.